The summed E-state index contributed by atoms with van der Waals surface area (Å²) in [5, 5.41) is 14.5. The van der Waals surface area contributed by atoms with Gasteiger partial charge in [-0.05, 0) is 36.4 Å². The van der Waals surface area contributed by atoms with E-state index in [-0.39, 0.29) is 33.5 Å². The quantitative estimate of drug-likeness (QED) is 0.304. The first kappa shape index (κ1) is 24.0. The van der Waals surface area contributed by atoms with E-state index in [1.807, 2.05) is 0 Å². The minimum absolute atomic E-state index is 0.0301. The summed E-state index contributed by atoms with van der Waals surface area (Å²) in [6.45, 7) is 0. The number of ether oxygens (including phenoxy) is 4. The van der Waals surface area contributed by atoms with Crippen LogP contribution >= 0.6 is 23.2 Å². The second kappa shape index (κ2) is 10.3. The van der Waals surface area contributed by atoms with Crippen molar-refractivity contribution in [2.45, 2.75) is 0 Å². The highest BCUT2D eigenvalue weighted by atomic mass is 35.5. The third-order valence-electron chi connectivity index (χ3n) is 4.49. The van der Waals surface area contributed by atoms with Crippen LogP contribution in [0.1, 0.15) is 10.4 Å². The lowest BCUT2D eigenvalue weighted by atomic mass is 10.1. The van der Waals surface area contributed by atoms with Crippen LogP contribution in [0.3, 0.4) is 0 Å². The number of halogens is 2. The molecule has 0 fully saturated rings. The first-order valence-electron chi connectivity index (χ1n) is 9.30. The maximum atomic E-state index is 12.8. The van der Waals surface area contributed by atoms with Crippen LogP contribution in [0.15, 0.2) is 48.5 Å². The number of carbonyl (C=O) groups excluding carboxylic acids is 1. The number of nitrogens with zero attached hydrogens (tertiary/aromatic N) is 1. The highest BCUT2D eigenvalue weighted by Crippen LogP contribution is 2.39. The van der Waals surface area contributed by atoms with E-state index in [1.54, 1.807) is 6.07 Å². The number of rotatable bonds is 8. The molecule has 0 bridgehead atoms. The standard InChI is InChI=1S/C22H18Cl2N2O7/c1-30-19-11-20(31-2)15(10-14(19)24)25-22(27)12-4-6-18(21(8-12)32-3)33-17-7-5-13(23)9-16(17)26(28)29/h4-11H,1-3H3,(H,25,27). The van der Waals surface area contributed by atoms with Crippen LogP contribution in [0, 0.1) is 10.1 Å². The van der Waals surface area contributed by atoms with Crippen LogP contribution in [0.2, 0.25) is 10.0 Å². The Labute approximate surface area is 198 Å². The van der Waals surface area contributed by atoms with Crippen molar-refractivity contribution in [3.8, 4) is 28.7 Å². The largest absolute Gasteiger partial charge is 0.495 e. The second-order valence-electron chi connectivity index (χ2n) is 6.48. The van der Waals surface area contributed by atoms with Crippen molar-refractivity contribution in [3.63, 3.8) is 0 Å². The summed E-state index contributed by atoms with van der Waals surface area (Å²) < 4.78 is 21.4. The number of benzene rings is 3. The van der Waals surface area contributed by atoms with E-state index >= 15 is 0 Å². The number of nitrogens with one attached hydrogen (secondary N) is 1. The number of hydrogen-bond acceptors (Lipinski definition) is 7. The van der Waals surface area contributed by atoms with Gasteiger partial charge in [0.05, 0.1) is 37.0 Å². The molecule has 1 amide bonds. The van der Waals surface area contributed by atoms with Gasteiger partial charge in [0, 0.05) is 22.7 Å². The van der Waals surface area contributed by atoms with Gasteiger partial charge < -0.3 is 24.3 Å². The topological polar surface area (TPSA) is 109 Å². The number of nitro benzene ring substituents is 1. The van der Waals surface area contributed by atoms with E-state index in [1.165, 1.54) is 63.8 Å². The summed E-state index contributed by atoms with van der Waals surface area (Å²) in [5.74, 6) is 0.600. The van der Waals surface area contributed by atoms with E-state index in [0.717, 1.165) is 0 Å². The van der Waals surface area contributed by atoms with Crippen molar-refractivity contribution < 1.29 is 28.7 Å². The first-order chi connectivity index (χ1) is 15.8. The molecule has 3 aromatic carbocycles. The molecule has 3 aromatic rings. The van der Waals surface area contributed by atoms with Crippen molar-refractivity contribution in [2.24, 2.45) is 0 Å². The molecular formula is C22H18Cl2N2O7. The Morgan fingerprint density at radius 3 is 2.15 bits per heavy atom. The van der Waals surface area contributed by atoms with Gasteiger partial charge in [0.15, 0.2) is 11.5 Å². The zero-order valence-electron chi connectivity index (χ0n) is 17.7. The normalized spacial score (nSPS) is 10.3. The summed E-state index contributed by atoms with van der Waals surface area (Å²) in [5.41, 5.74) is 0.262. The van der Waals surface area contributed by atoms with E-state index in [0.29, 0.717) is 22.2 Å². The summed E-state index contributed by atoms with van der Waals surface area (Å²) in [6.07, 6.45) is 0. The van der Waals surface area contributed by atoms with Crippen LogP contribution in [0.25, 0.3) is 0 Å². The Morgan fingerprint density at radius 2 is 1.52 bits per heavy atom. The Kier molecular flexibility index (Phi) is 7.47. The zero-order chi connectivity index (χ0) is 24.1. The summed E-state index contributed by atoms with van der Waals surface area (Å²) in [4.78, 5) is 23.5. The Hall–Kier alpha value is -3.69. The van der Waals surface area contributed by atoms with Crippen LogP contribution < -0.4 is 24.3 Å². The smallest absolute Gasteiger partial charge is 0.313 e. The molecule has 0 unspecified atom stereocenters. The molecule has 1 N–H and O–H groups in total. The maximum Gasteiger partial charge on any atom is 0.313 e. The maximum absolute atomic E-state index is 12.8. The number of carbonyl (C=O) groups is 1. The molecule has 9 nitrogen and oxygen atoms in total. The van der Waals surface area contributed by atoms with Crippen LogP contribution in [0.4, 0.5) is 11.4 Å². The zero-order valence-corrected chi connectivity index (χ0v) is 19.2. The van der Waals surface area contributed by atoms with Crippen molar-refractivity contribution in [1.82, 2.24) is 0 Å². The van der Waals surface area contributed by atoms with E-state index in [9.17, 15) is 14.9 Å². The molecule has 0 saturated heterocycles. The fourth-order valence-corrected chi connectivity index (χ4v) is 3.29. The molecule has 33 heavy (non-hydrogen) atoms. The lowest BCUT2D eigenvalue weighted by Crippen LogP contribution is -2.13. The summed E-state index contributed by atoms with van der Waals surface area (Å²) in [6, 6.07) is 11.4. The molecule has 0 aromatic heterocycles. The molecule has 0 aliphatic rings. The number of amides is 1. The highest BCUT2D eigenvalue weighted by molar-refractivity contribution is 6.32. The molecule has 0 spiro atoms. The number of anilines is 1. The fourth-order valence-electron chi connectivity index (χ4n) is 2.88. The van der Waals surface area contributed by atoms with Gasteiger partial charge in [-0.1, -0.05) is 23.2 Å². The molecule has 0 atom stereocenters. The minimum Gasteiger partial charge on any atom is -0.495 e. The molecule has 0 saturated carbocycles. The van der Waals surface area contributed by atoms with E-state index < -0.39 is 10.8 Å². The first-order valence-corrected chi connectivity index (χ1v) is 10.1. The fraction of sp³-hybridized carbons (Fsp3) is 0.136. The molecule has 0 aliphatic carbocycles. The van der Waals surface area contributed by atoms with Gasteiger partial charge in [-0.2, -0.15) is 0 Å². The Morgan fingerprint density at radius 1 is 0.848 bits per heavy atom. The van der Waals surface area contributed by atoms with Crippen molar-refractivity contribution in [3.05, 3.63) is 74.3 Å². The van der Waals surface area contributed by atoms with E-state index in [2.05, 4.69) is 5.32 Å². The van der Waals surface area contributed by atoms with Gasteiger partial charge in [0.1, 0.15) is 11.5 Å². The van der Waals surface area contributed by atoms with Gasteiger partial charge in [-0.3, -0.25) is 14.9 Å². The second-order valence-corrected chi connectivity index (χ2v) is 7.32. The summed E-state index contributed by atoms with van der Waals surface area (Å²) >= 11 is 12.0. The van der Waals surface area contributed by atoms with Gasteiger partial charge in [0.25, 0.3) is 5.91 Å². The minimum atomic E-state index is -0.608. The van der Waals surface area contributed by atoms with Crippen LogP contribution in [0.5, 0.6) is 28.7 Å². The molecule has 0 aliphatic heterocycles. The number of hydrogen-bond donors (Lipinski definition) is 1. The number of methoxy groups -OCH3 is 3. The molecule has 0 heterocycles. The number of nitro groups is 1. The van der Waals surface area contributed by atoms with Gasteiger partial charge in [-0.15, -0.1) is 0 Å². The van der Waals surface area contributed by atoms with Crippen LogP contribution in [-0.4, -0.2) is 32.2 Å². The van der Waals surface area contributed by atoms with Gasteiger partial charge in [0.2, 0.25) is 5.75 Å². The van der Waals surface area contributed by atoms with Gasteiger partial charge in [-0.25, -0.2) is 0 Å². The average Bonchev–Trinajstić information content (AvgIpc) is 2.80. The highest BCUT2D eigenvalue weighted by Gasteiger charge is 2.20. The predicted octanol–water partition coefficient (Wildman–Crippen LogP) is 5.97. The summed E-state index contributed by atoms with van der Waals surface area (Å²) in [7, 11) is 4.29. The predicted molar refractivity (Wildman–Crippen MR) is 124 cm³/mol. The van der Waals surface area contributed by atoms with Crippen molar-refractivity contribution >= 4 is 40.5 Å². The molecular weight excluding hydrogens is 475 g/mol. The van der Waals surface area contributed by atoms with E-state index in [4.69, 9.17) is 42.1 Å². The molecule has 3 rings (SSSR count). The Balaban J connectivity index is 1.88. The third-order valence-corrected chi connectivity index (χ3v) is 5.02. The Bertz CT molecular complexity index is 1220. The molecule has 11 heteroatoms. The lowest BCUT2D eigenvalue weighted by molar-refractivity contribution is -0.385. The molecule has 172 valence electrons. The van der Waals surface area contributed by atoms with Crippen LogP contribution in [-0.2, 0) is 0 Å². The van der Waals surface area contributed by atoms with Gasteiger partial charge >= 0.3 is 5.69 Å². The third kappa shape index (κ3) is 5.39. The van der Waals surface area contributed by atoms with Crippen molar-refractivity contribution in [1.29, 1.82) is 0 Å². The SMILES string of the molecule is COc1cc(OC)c(NC(=O)c2ccc(Oc3ccc(Cl)cc3[N+](=O)[O-])c(OC)c2)cc1Cl. The molecule has 0 radical (unpaired) electrons. The lowest BCUT2D eigenvalue weighted by Gasteiger charge is -2.14. The average molecular weight is 493 g/mol. The monoisotopic (exact) mass is 492 g/mol. The van der Waals surface area contributed by atoms with Crippen molar-refractivity contribution in [2.75, 3.05) is 26.6 Å².